The van der Waals surface area contributed by atoms with Gasteiger partial charge in [-0.2, -0.15) is 5.06 Å². The number of hydroxylamine groups is 2. The molecule has 4 fully saturated rings. The van der Waals surface area contributed by atoms with E-state index < -0.39 is 24.2 Å². The Morgan fingerprint density at radius 3 is 2.35 bits per heavy atom. The minimum atomic E-state index is -0.873. The van der Waals surface area contributed by atoms with Gasteiger partial charge in [-0.25, -0.2) is 0 Å². The number of hydrogen-bond acceptors (Lipinski definition) is 9. The van der Waals surface area contributed by atoms with Crippen LogP contribution in [0.5, 0.6) is 0 Å². The third-order valence-corrected chi connectivity index (χ3v) is 7.29. The predicted molar refractivity (Wildman–Crippen MR) is 108 cm³/mol. The maximum Gasteiger partial charge on any atom is 0.320 e. The van der Waals surface area contributed by atoms with Gasteiger partial charge < -0.3 is 24.5 Å². The first-order valence-electron chi connectivity index (χ1n) is 11.4. The predicted octanol–water partition coefficient (Wildman–Crippen LogP) is -0.709. The lowest BCUT2D eigenvalue weighted by molar-refractivity contribution is -0.265. The van der Waals surface area contributed by atoms with Gasteiger partial charge in [-0.15, -0.1) is 0 Å². The Kier molecular flexibility index (Phi) is 7.35. The van der Waals surface area contributed by atoms with Crippen molar-refractivity contribution in [3.05, 3.63) is 0 Å². The van der Waals surface area contributed by atoms with Crippen LogP contribution in [0.2, 0.25) is 0 Å². The van der Waals surface area contributed by atoms with Gasteiger partial charge in [-0.1, -0.05) is 0 Å². The van der Waals surface area contributed by atoms with Gasteiger partial charge >= 0.3 is 5.97 Å². The molecule has 1 unspecified atom stereocenters. The molecule has 4 saturated heterocycles. The largest absolute Gasteiger partial charge is 0.480 e. The normalized spacial score (nSPS) is 40.4. The highest BCUT2D eigenvalue weighted by molar-refractivity contribution is 5.74. The standard InChI is InChI=1S/C21H33N3O7/c25-10-14-4-1-7-22(14)19-17(12-27)30-13-18(31-24-9-2-5-15(24)11-26)20(19)23-8-3-6-16(23)21(28)29/h10-11,14-20,27H,1-9,12-13H2,(H,28,29)/t14-,15-,16-,17?,18-,19-,20+/m0/s1. The van der Waals surface area contributed by atoms with Crippen molar-refractivity contribution in [1.29, 1.82) is 0 Å². The highest BCUT2D eigenvalue weighted by Gasteiger charge is 2.53. The lowest BCUT2D eigenvalue weighted by Crippen LogP contribution is -2.69. The molecule has 2 N–H and O–H groups in total. The minimum absolute atomic E-state index is 0.191. The average Bonchev–Trinajstić information content (AvgIpc) is 3.52. The summed E-state index contributed by atoms with van der Waals surface area (Å²) in [6.45, 7) is 1.89. The van der Waals surface area contributed by atoms with Crippen molar-refractivity contribution >= 4 is 18.5 Å². The molecule has 4 aliphatic rings. The summed E-state index contributed by atoms with van der Waals surface area (Å²) in [6.07, 6.45) is 5.26. The molecule has 7 atom stereocenters. The number of likely N-dealkylation sites (tertiary alicyclic amines) is 2. The summed E-state index contributed by atoms with van der Waals surface area (Å²) in [5, 5.41) is 21.6. The van der Waals surface area contributed by atoms with E-state index >= 15 is 0 Å². The first-order valence-corrected chi connectivity index (χ1v) is 11.4. The molecule has 0 aromatic carbocycles. The van der Waals surface area contributed by atoms with Crippen LogP contribution in [0.25, 0.3) is 0 Å². The molecule has 0 aliphatic carbocycles. The van der Waals surface area contributed by atoms with Gasteiger partial charge in [0.15, 0.2) is 0 Å². The van der Waals surface area contributed by atoms with E-state index in [2.05, 4.69) is 4.90 Å². The smallest absolute Gasteiger partial charge is 0.320 e. The number of nitrogens with zero attached hydrogens (tertiary/aromatic N) is 3. The number of aldehydes is 2. The molecule has 0 aromatic heterocycles. The van der Waals surface area contributed by atoms with E-state index in [1.807, 2.05) is 4.90 Å². The fourth-order valence-corrected chi connectivity index (χ4v) is 5.88. The maximum absolute atomic E-state index is 12.0. The van der Waals surface area contributed by atoms with Crippen LogP contribution in [0, 0.1) is 0 Å². The van der Waals surface area contributed by atoms with Gasteiger partial charge in [0, 0.05) is 6.54 Å². The van der Waals surface area contributed by atoms with Crippen LogP contribution in [0.15, 0.2) is 0 Å². The molecule has 31 heavy (non-hydrogen) atoms. The van der Waals surface area contributed by atoms with Crippen LogP contribution in [0.1, 0.15) is 38.5 Å². The number of carboxylic acid groups (broad SMARTS) is 1. The summed E-state index contributed by atoms with van der Waals surface area (Å²) < 4.78 is 6.00. The van der Waals surface area contributed by atoms with Crippen LogP contribution < -0.4 is 0 Å². The Morgan fingerprint density at radius 2 is 1.65 bits per heavy atom. The highest BCUT2D eigenvalue weighted by atomic mass is 16.7. The van der Waals surface area contributed by atoms with Crippen molar-refractivity contribution in [3.63, 3.8) is 0 Å². The molecule has 10 heteroatoms. The van der Waals surface area contributed by atoms with Crippen molar-refractivity contribution in [2.24, 2.45) is 0 Å². The van der Waals surface area contributed by atoms with Crippen LogP contribution in [-0.2, 0) is 24.0 Å². The number of aliphatic carboxylic acids is 1. The van der Waals surface area contributed by atoms with E-state index in [4.69, 9.17) is 9.57 Å². The zero-order chi connectivity index (χ0) is 22.0. The van der Waals surface area contributed by atoms with Crippen molar-refractivity contribution in [3.8, 4) is 0 Å². The van der Waals surface area contributed by atoms with Crippen molar-refractivity contribution in [2.75, 3.05) is 32.8 Å². The summed E-state index contributed by atoms with van der Waals surface area (Å²) in [7, 11) is 0. The molecular weight excluding hydrogens is 406 g/mol. The fourth-order valence-electron chi connectivity index (χ4n) is 5.88. The molecule has 0 spiro atoms. The molecular formula is C21H33N3O7. The Bertz CT molecular complexity index is 665. The van der Waals surface area contributed by atoms with E-state index in [0.29, 0.717) is 26.1 Å². The highest BCUT2D eigenvalue weighted by Crippen LogP contribution is 2.36. The molecule has 0 saturated carbocycles. The molecule has 0 amide bonds. The van der Waals surface area contributed by atoms with Gasteiger partial charge in [0.05, 0.1) is 43.5 Å². The molecule has 4 heterocycles. The molecule has 4 aliphatic heterocycles. The summed E-state index contributed by atoms with van der Waals surface area (Å²) in [5.41, 5.74) is 0. The van der Waals surface area contributed by atoms with E-state index in [-0.39, 0.29) is 37.4 Å². The zero-order valence-corrected chi connectivity index (χ0v) is 17.8. The molecule has 174 valence electrons. The lowest BCUT2D eigenvalue weighted by atomic mass is 9.90. The molecule has 4 rings (SSSR count). The van der Waals surface area contributed by atoms with E-state index in [1.165, 1.54) is 0 Å². The number of carbonyl (C=O) groups excluding carboxylic acids is 2. The zero-order valence-electron chi connectivity index (χ0n) is 17.8. The van der Waals surface area contributed by atoms with Crippen molar-refractivity contribution < 1.29 is 34.2 Å². The molecule has 0 radical (unpaired) electrons. The first-order chi connectivity index (χ1) is 15.1. The Balaban J connectivity index is 1.67. The number of rotatable bonds is 8. The topological polar surface area (TPSA) is 120 Å². The Hall–Kier alpha value is -1.43. The number of aliphatic hydroxyl groups excluding tert-OH is 1. The Labute approximate surface area is 182 Å². The van der Waals surface area contributed by atoms with E-state index in [9.17, 15) is 24.6 Å². The van der Waals surface area contributed by atoms with Crippen LogP contribution in [0.3, 0.4) is 0 Å². The second-order valence-electron chi connectivity index (χ2n) is 8.98. The molecule has 10 nitrogen and oxygen atoms in total. The van der Waals surface area contributed by atoms with E-state index in [1.54, 1.807) is 5.06 Å². The lowest BCUT2D eigenvalue weighted by Gasteiger charge is -2.51. The summed E-state index contributed by atoms with van der Waals surface area (Å²) in [6, 6.07) is -2.00. The minimum Gasteiger partial charge on any atom is -0.480 e. The summed E-state index contributed by atoms with van der Waals surface area (Å²) in [5.74, 6) is -0.873. The van der Waals surface area contributed by atoms with Gasteiger partial charge in [0.1, 0.15) is 24.7 Å². The number of ether oxygens (including phenoxy) is 1. The fraction of sp³-hybridized carbons (Fsp3) is 0.857. The van der Waals surface area contributed by atoms with Crippen LogP contribution in [0.4, 0.5) is 0 Å². The van der Waals surface area contributed by atoms with Crippen LogP contribution in [-0.4, -0.2) is 119 Å². The third kappa shape index (κ3) is 4.42. The van der Waals surface area contributed by atoms with Crippen LogP contribution >= 0.6 is 0 Å². The SMILES string of the molecule is O=C[C@@H]1CCCN1O[C@H]1COC(CO)[C@H](N2CCC[C@H]2C=O)[C@@H]1N1CCC[C@H]1C(=O)O. The second-order valence-corrected chi connectivity index (χ2v) is 8.98. The quantitative estimate of drug-likeness (QED) is 0.469. The van der Waals surface area contributed by atoms with Gasteiger partial charge in [0.25, 0.3) is 0 Å². The van der Waals surface area contributed by atoms with Gasteiger partial charge in [-0.3, -0.25) is 19.4 Å². The Morgan fingerprint density at radius 1 is 0.968 bits per heavy atom. The molecule has 0 bridgehead atoms. The summed E-state index contributed by atoms with van der Waals surface area (Å²) in [4.78, 5) is 45.6. The van der Waals surface area contributed by atoms with Crippen molar-refractivity contribution in [2.45, 2.75) is 80.9 Å². The van der Waals surface area contributed by atoms with Gasteiger partial charge in [-0.05, 0) is 51.6 Å². The summed E-state index contributed by atoms with van der Waals surface area (Å²) >= 11 is 0. The number of hydrogen-bond donors (Lipinski definition) is 2. The third-order valence-electron chi connectivity index (χ3n) is 7.29. The number of aliphatic hydroxyl groups is 1. The molecule has 0 aromatic rings. The van der Waals surface area contributed by atoms with Gasteiger partial charge in [0.2, 0.25) is 0 Å². The van der Waals surface area contributed by atoms with E-state index in [0.717, 1.165) is 44.7 Å². The number of carboxylic acids is 1. The monoisotopic (exact) mass is 439 g/mol. The number of carbonyl (C=O) groups is 3. The second kappa shape index (κ2) is 10.0. The van der Waals surface area contributed by atoms with Crippen molar-refractivity contribution in [1.82, 2.24) is 14.9 Å². The maximum atomic E-state index is 12.0. The average molecular weight is 440 g/mol. The first kappa shape index (κ1) is 22.8.